The van der Waals surface area contributed by atoms with Gasteiger partial charge in [-0.25, -0.2) is 12.8 Å². The number of hydrogen-bond acceptors (Lipinski definition) is 3. The number of sulfone groups is 1. The first-order valence-electron chi connectivity index (χ1n) is 4.77. The summed E-state index contributed by atoms with van der Waals surface area (Å²) in [7, 11) is -3.51. The largest absolute Gasteiger partial charge is 0.399 e. The lowest BCUT2D eigenvalue weighted by atomic mass is 10.3. The van der Waals surface area contributed by atoms with Gasteiger partial charge in [0.15, 0.2) is 9.84 Å². The zero-order valence-corrected chi connectivity index (χ0v) is 8.93. The summed E-state index contributed by atoms with van der Waals surface area (Å²) in [4.78, 5) is -0.269. The first-order valence-corrected chi connectivity index (χ1v) is 6.42. The average molecular weight is 229 g/mol. The normalized spacial score (nSPS) is 16.6. The third-order valence-corrected chi connectivity index (χ3v) is 4.34. The van der Waals surface area contributed by atoms with Crippen LogP contribution < -0.4 is 5.73 Å². The van der Waals surface area contributed by atoms with Gasteiger partial charge in [-0.3, -0.25) is 0 Å². The van der Waals surface area contributed by atoms with Gasteiger partial charge in [-0.15, -0.1) is 0 Å². The summed E-state index contributed by atoms with van der Waals surface area (Å²) in [6.07, 6.45) is 1.84. The molecule has 15 heavy (non-hydrogen) atoms. The van der Waals surface area contributed by atoms with Gasteiger partial charge in [0.2, 0.25) is 0 Å². The van der Waals surface area contributed by atoms with E-state index < -0.39 is 15.7 Å². The number of anilines is 1. The molecule has 0 saturated heterocycles. The maximum atomic E-state index is 13.3. The highest BCUT2D eigenvalue weighted by atomic mass is 32.2. The zero-order valence-electron chi connectivity index (χ0n) is 8.11. The summed E-state index contributed by atoms with van der Waals surface area (Å²) >= 11 is 0. The van der Waals surface area contributed by atoms with Crippen molar-refractivity contribution in [3.63, 3.8) is 0 Å². The van der Waals surface area contributed by atoms with Gasteiger partial charge in [-0.05, 0) is 37.0 Å². The summed E-state index contributed by atoms with van der Waals surface area (Å²) in [6.45, 7) is 0. The molecule has 0 unspecified atom stereocenters. The highest BCUT2D eigenvalue weighted by molar-refractivity contribution is 7.91. The maximum Gasteiger partial charge on any atom is 0.181 e. The summed E-state index contributed by atoms with van der Waals surface area (Å²) < 4.78 is 36.8. The SMILES string of the molecule is Nc1ccc(F)c(S(=O)(=O)CC2CC2)c1. The summed E-state index contributed by atoms with van der Waals surface area (Å²) in [5.74, 6) is -0.478. The molecule has 0 heterocycles. The summed E-state index contributed by atoms with van der Waals surface area (Å²) in [5, 5.41) is 0. The number of benzene rings is 1. The second-order valence-corrected chi connectivity index (χ2v) is 5.92. The van der Waals surface area contributed by atoms with Crippen LogP contribution in [0.1, 0.15) is 12.8 Å². The van der Waals surface area contributed by atoms with Crippen molar-refractivity contribution in [3.8, 4) is 0 Å². The van der Waals surface area contributed by atoms with Crippen LogP contribution in [-0.2, 0) is 9.84 Å². The van der Waals surface area contributed by atoms with Crippen LogP contribution in [0, 0.1) is 11.7 Å². The Morgan fingerprint density at radius 3 is 2.67 bits per heavy atom. The standard InChI is InChI=1S/C10H12FNO2S/c11-9-4-3-8(12)5-10(9)15(13,14)6-7-1-2-7/h3-5,7H,1-2,6,12H2. The Balaban J connectivity index is 2.38. The van der Waals surface area contributed by atoms with Crippen LogP contribution in [0.15, 0.2) is 23.1 Å². The van der Waals surface area contributed by atoms with E-state index in [1.54, 1.807) is 0 Å². The predicted molar refractivity (Wildman–Crippen MR) is 55.6 cm³/mol. The third-order valence-electron chi connectivity index (χ3n) is 2.44. The van der Waals surface area contributed by atoms with Gasteiger partial charge in [0.1, 0.15) is 10.7 Å². The minimum Gasteiger partial charge on any atom is -0.399 e. The molecule has 0 atom stereocenters. The molecule has 82 valence electrons. The fraction of sp³-hybridized carbons (Fsp3) is 0.400. The number of halogens is 1. The van der Waals surface area contributed by atoms with Crippen LogP contribution in [0.3, 0.4) is 0 Å². The molecule has 5 heteroatoms. The van der Waals surface area contributed by atoms with Crippen LogP contribution in [-0.4, -0.2) is 14.2 Å². The lowest BCUT2D eigenvalue weighted by Gasteiger charge is -2.05. The van der Waals surface area contributed by atoms with Crippen molar-refractivity contribution in [3.05, 3.63) is 24.0 Å². The number of rotatable bonds is 3. The Morgan fingerprint density at radius 2 is 2.07 bits per heavy atom. The number of hydrogen-bond donors (Lipinski definition) is 1. The molecule has 1 aliphatic carbocycles. The van der Waals surface area contributed by atoms with Gasteiger partial charge in [-0.1, -0.05) is 0 Å². The minimum atomic E-state index is -3.51. The van der Waals surface area contributed by atoms with Crippen molar-refractivity contribution in [2.24, 2.45) is 5.92 Å². The van der Waals surface area contributed by atoms with Gasteiger partial charge in [0, 0.05) is 5.69 Å². The lowest BCUT2D eigenvalue weighted by Crippen LogP contribution is -2.10. The van der Waals surface area contributed by atoms with Crippen molar-refractivity contribution >= 4 is 15.5 Å². The quantitative estimate of drug-likeness (QED) is 0.801. The van der Waals surface area contributed by atoms with E-state index in [0.717, 1.165) is 18.9 Å². The molecule has 1 saturated carbocycles. The second-order valence-electron chi connectivity index (χ2n) is 3.91. The van der Waals surface area contributed by atoms with E-state index in [1.807, 2.05) is 0 Å². The van der Waals surface area contributed by atoms with Crippen LogP contribution in [0.25, 0.3) is 0 Å². The molecule has 0 bridgehead atoms. The van der Waals surface area contributed by atoms with E-state index in [0.29, 0.717) is 0 Å². The van der Waals surface area contributed by atoms with Crippen molar-refractivity contribution in [2.75, 3.05) is 11.5 Å². The van der Waals surface area contributed by atoms with Gasteiger partial charge in [-0.2, -0.15) is 0 Å². The number of nitrogens with two attached hydrogens (primary N) is 1. The minimum absolute atomic E-state index is 0.0351. The molecule has 0 aromatic heterocycles. The lowest BCUT2D eigenvalue weighted by molar-refractivity contribution is 0.565. The van der Waals surface area contributed by atoms with E-state index in [2.05, 4.69) is 0 Å². The highest BCUT2D eigenvalue weighted by Crippen LogP contribution is 2.33. The van der Waals surface area contributed by atoms with Crippen molar-refractivity contribution in [1.82, 2.24) is 0 Å². The predicted octanol–water partition coefficient (Wildman–Crippen LogP) is 1.59. The van der Waals surface area contributed by atoms with Crippen LogP contribution in [0.5, 0.6) is 0 Å². The van der Waals surface area contributed by atoms with Crippen LogP contribution in [0.4, 0.5) is 10.1 Å². The molecule has 1 aliphatic rings. The third kappa shape index (κ3) is 2.28. The Hall–Kier alpha value is -1.10. The first-order chi connectivity index (χ1) is 6.99. The average Bonchev–Trinajstić information content (AvgIpc) is 2.92. The van der Waals surface area contributed by atoms with E-state index >= 15 is 0 Å². The molecule has 2 N–H and O–H groups in total. The molecular formula is C10H12FNO2S. The molecule has 0 aliphatic heterocycles. The molecular weight excluding hydrogens is 217 g/mol. The Bertz CT molecular complexity index is 480. The van der Waals surface area contributed by atoms with Gasteiger partial charge < -0.3 is 5.73 Å². The fourth-order valence-electron chi connectivity index (χ4n) is 1.44. The van der Waals surface area contributed by atoms with E-state index in [9.17, 15) is 12.8 Å². The molecule has 0 spiro atoms. The van der Waals surface area contributed by atoms with Gasteiger partial charge in [0.05, 0.1) is 5.75 Å². The van der Waals surface area contributed by atoms with Gasteiger partial charge in [0.25, 0.3) is 0 Å². The smallest absolute Gasteiger partial charge is 0.181 e. The van der Waals surface area contributed by atoms with Crippen molar-refractivity contribution < 1.29 is 12.8 Å². The van der Waals surface area contributed by atoms with E-state index in [4.69, 9.17) is 5.73 Å². The summed E-state index contributed by atoms with van der Waals surface area (Å²) in [5.41, 5.74) is 5.71. The van der Waals surface area contributed by atoms with E-state index in [1.165, 1.54) is 12.1 Å². The van der Waals surface area contributed by atoms with Crippen LogP contribution in [0.2, 0.25) is 0 Å². The highest BCUT2D eigenvalue weighted by Gasteiger charge is 2.30. The number of nitrogen functional groups attached to an aromatic ring is 1. The molecule has 1 aromatic carbocycles. The maximum absolute atomic E-state index is 13.3. The summed E-state index contributed by atoms with van der Waals surface area (Å²) in [6, 6.07) is 3.63. The molecule has 3 nitrogen and oxygen atoms in total. The fourth-order valence-corrected chi connectivity index (χ4v) is 3.26. The molecule has 2 rings (SSSR count). The first kappa shape index (κ1) is 10.4. The zero-order chi connectivity index (χ0) is 11.1. The second kappa shape index (κ2) is 3.48. The Kier molecular flexibility index (Phi) is 2.42. The molecule has 0 radical (unpaired) electrons. The van der Waals surface area contributed by atoms with Gasteiger partial charge >= 0.3 is 0 Å². The monoisotopic (exact) mass is 229 g/mol. The molecule has 0 amide bonds. The Morgan fingerprint density at radius 1 is 1.40 bits per heavy atom. The molecule has 1 aromatic rings. The topological polar surface area (TPSA) is 60.2 Å². The van der Waals surface area contributed by atoms with Crippen LogP contribution >= 0.6 is 0 Å². The Labute approximate surface area is 88.0 Å². The van der Waals surface area contributed by atoms with Crippen molar-refractivity contribution in [2.45, 2.75) is 17.7 Å². The molecule has 1 fully saturated rings. The van der Waals surface area contributed by atoms with E-state index in [-0.39, 0.29) is 22.3 Å². The van der Waals surface area contributed by atoms with Crippen molar-refractivity contribution in [1.29, 1.82) is 0 Å².